The number of aliphatic hydroxyl groups is 1. The summed E-state index contributed by atoms with van der Waals surface area (Å²) in [5.41, 5.74) is 0. The SMILES string of the molecule is CSCCCCNCC(O)CC(=O)O. The van der Waals surface area contributed by atoms with Gasteiger partial charge in [-0.1, -0.05) is 0 Å². The van der Waals surface area contributed by atoms with Crippen LogP contribution in [0.3, 0.4) is 0 Å². The highest BCUT2D eigenvalue weighted by Gasteiger charge is 2.07. The minimum atomic E-state index is -0.957. The van der Waals surface area contributed by atoms with Crippen molar-refractivity contribution >= 4 is 17.7 Å². The molecule has 0 aliphatic heterocycles. The highest BCUT2D eigenvalue weighted by Crippen LogP contribution is 1.98. The number of carbonyl (C=O) groups is 1. The lowest BCUT2D eigenvalue weighted by Crippen LogP contribution is -2.29. The molecule has 4 nitrogen and oxygen atoms in total. The molecule has 0 radical (unpaired) electrons. The van der Waals surface area contributed by atoms with Gasteiger partial charge in [0.1, 0.15) is 0 Å². The summed E-state index contributed by atoms with van der Waals surface area (Å²) in [5.74, 6) is 0.195. The molecule has 0 saturated heterocycles. The zero-order valence-electron chi connectivity index (χ0n) is 8.53. The first kappa shape index (κ1) is 13.7. The van der Waals surface area contributed by atoms with Gasteiger partial charge in [0, 0.05) is 6.54 Å². The molecule has 0 heterocycles. The molecule has 3 N–H and O–H groups in total. The van der Waals surface area contributed by atoms with Crippen molar-refractivity contribution in [2.24, 2.45) is 0 Å². The molecule has 0 aromatic rings. The first-order valence-electron chi connectivity index (χ1n) is 4.76. The monoisotopic (exact) mass is 221 g/mol. The molecular formula is C9H19NO3S. The van der Waals surface area contributed by atoms with Crippen LogP contribution in [-0.4, -0.2) is 47.4 Å². The molecule has 0 aromatic heterocycles. The number of carboxylic acids is 1. The van der Waals surface area contributed by atoms with Crippen molar-refractivity contribution in [3.63, 3.8) is 0 Å². The van der Waals surface area contributed by atoms with Crippen LogP contribution in [0, 0.1) is 0 Å². The zero-order valence-corrected chi connectivity index (χ0v) is 9.35. The third-order valence-corrected chi connectivity index (χ3v) is 2.44. The van der Waals surface area contributed by atoms with Crippen molar-refractivity contribution in [1.29, 1.82) is 0 Å². The van der Waals surface area contributed by atoms with Gasteiger partial charge in [0.25, 0.3) is 0 Å². The van der Waals surface area contributed by atoms with Crippen molar-refractivity contribution < 1.29 is 15.0 Å². The molecule has 5 heteroatoms. The molecule has 0 fully saturated rings. The first-order chi connectivity index (χ1) is 6.66. The highest BCUT2D eigenvalue weighted by molar-refractivity contribution is 7.98. The maximum absolute atomic E-state index is 10.2. The maximum atomic E-state index is 10.2. The van der Waals surface area contributed by atoms with Gasteiger partial charge in [-0.3, -0.25) is 4.79 Å². The second-order valence-electron chi connectivity index (χ2n) is 3.16. The Labute approximate surface area is 89.1 Å². The molecule has 1 unspecified atom stereocenters. The van der Waals surface area contributed by atoms with Crippen LogP contribution in [0.1, 0.15) is 19.3 Å². The van der Waals surface area contributed by atoms with Gasteiger partial charge in [-0.05, 0) is 31.4 Å². The minimum Gasteiger partial charge on any atom is -0.481 e. The molecule has 14 heavy (non-hydrogen) atoms. The molecule has 0 amide bonds. The topological polar surface area (TPSA) is 69.6 Å². The molecular weight excluding hydrogens is 202 g/mol. The summed E-state index contributed by atoms with van der Waals surface area (Å²) in [6.45, 7) is 1.21. The summed E-state index contributed by atoms with van der Waals surface area (Å²) >= 11 is 1.82. The van der Waals surface area contributed by atoms with E-state index in [-0.39, 0.29) is 6.42 Å². The van der Waals surface area contributed by atoms with Crippen LogP contribution in [0.2, 0.25) is 0 Å². The average molecular weight is 221 g/mol. The number of hydrogen-bond acceptors (Lipinski definition) is 4. The van der Waals surface area contributed by atoms with Gasteiger partial charge in [0.2, 0.25) is 0 Å². The van der Waals surface area contributed by atoms with Crippen LogP contribution < -0.4 is 5.32 Å². The lowest BCUT2D eigenvalue weighted by Gasteiger charge is -2.08. The third kappa shape index (κ3) is 9.83. The zero-order chi connectivity index (χ0) is 10.8. The number of aliphatic hydroxyl groups excluding tert-OH is 1. The molecule has 0 spiro atoms. The van der Waals surface area contributed by atoms with Crippen molar-refractivity contribution in [2.45, 2.75) is 25.4 Å². The molecule has 0 saturated carbocycles. The second-order valence-corrected chi connectivity index (χ2v) is 4.14. The Morgan fingerprint density at radius 1 is 1.50 bits per heavy atom. The number of hydrogen-bond donors (Lipinski definition) is 3. The Balaban J connectivity index is 3.14. The molecule has 0 aromatic carbocycles. The van der Waals surface area contributed by atoms with Crippen LogP contribution in [0.25, 0.3) is 0 Å². The van der Waals surface area contributed by atoms with E-state index in [9.17, 15) is 9.90 Å². The summed E-state index contributed by atoms with van der Waals surface area (Å²) in [4.78, 5) is 10.2. The number of thioether (sulfide) groups is 1. The summed E-state index contributed by atoms with van der Waals surface area (Å²) in [6.07, 6.45) is 3.35. The second kappa shape index (κ2) is 9.30. The Hall–Kier alpha value is -0.260. The van der Waals surface area contributed by atoms with E-state index in [1.165, 1.54) is 0 Å². The van der Waals surface area contributed by atoms with Gasteiger partial charge < -0.3 is 15.5 Å². The van der Waals surface area contributed by atoms with E-state index in [2.05, 4.69) is 11.6 Å². The predicted octanol–water partition coefficient (Wildman–Crippen LogP) is 0.555. The molecule has 0 bridgehead atoms. The summed E-state index contributed by atoms with van der Waals surface area (Å²) in [6, 6.07) is 0. The molecule has 0 rings (SSSR count). The van der Waals surface area contributed by atoms with E-state index >= 15 is 0 Å². The van der Waals surface area contributed by atoms with Gasteiger partial charge in [-0.15, -0.1) is 0 Å². The largest absolute Gasteiger partial charge is 0.481 e. The van der Waals surface area contributed by atoms with E-state index in [1.807, 2.05) is 11.8 Å². The van der Waals surface area contributed by atoms with Gasteiger partial charge in [0.05, 0.1) is 12.5 Å². The fraction of sp³-hybridized carbons (Fsp3) is 0.889. The number of rotatable bonds is 9. The standard InChI is InChI=1S/C9H19NO3S/c1-14-5-3-2-4-10-7-8(11)6-9(12)13/h8,10-11H,2-7H2,1H3,(H,12,13). The molecule has 0 aliphatic carbocycles. The smallest absolute Gasteiger partial charge is 0.306 e. The van der Waals surface area contributed by atoms with Gasteiger partial charge in [-0.25, -0.2) is 0 Å². The van der Waals surface area contributed by atoms with Crippen molar-refractivity contribution in [3.05, 3.63) is 0 Å². The van der Waals surface area contributed by atoms with Crippen LogP contribution in [0.4, 0.5) is 0 Å². The normalized spacial score (nSPS) is 12.7. The van der Waals surface area contributed by atoms with E-state index in [0.29, 0.717) is 6.54 Å². The van der Waals surface area contributed by atoms with E-state index in [0.717, 1.165) is 25.1 Å². The van der Waals surface area contributed by atoms with E-state index in [1.54, 1.807) is 0 Å². The quantitative estimate of drug-likeness (QED) is 0.496. The summed E-state index contributed by atoms with van der Waals surface area (Å²) in [5, 5.41) is 20.6. The fourth-order valence-corrected chi connectivity index (χ4v) is 1.53. The van der Waals surface area contributed by atoms with Crippen LogP contribution in [0.15, 0.2) is 0 Å². The van der Waals surface area contributed by atoms with Crippen molar-refractivity contribution in [1.82, 2.24) is 5.32 Å². The number of carboxylic acid groups (broad SMARTS) is 1. The van der Waals surface area contributed by atoms with Crippen LogP contribution >= 0.6 is 11.8 Å². The maximum Gasteiger partial charge on any atom is 0.306 e. The van der Waals surface area contributed by atoms with Crippen molar-refractivity contribution in [3.8, 4) is 0 Å². The Morgan fingerprint density at radius 3 is 2.79 bits per heavy atom. The average Bonchev–Trinajstić information content (AvgIpc) is 2.10. The van der Waals surface area contributed by atoms with Gasteiger partial charge in [0.15, 0.2) is 0 Å². The fourth-order valence-electron chi connectivity index (χ4n) is 1.04. The summed E-state index contributed by atoms with van der Waals surface area (Å²) in [7, 11) is 0. The van der Waals surface area contributed by atoms with Crippen LogP contribution in [0.5, 0.6) is 0 Å². The number of nitrogens with one attached hydrogen (secondary N) is 1. The molecule has 1 atom stereocenters. The molecule has 0 aliphatic rings. The van der Waals surface area contributed by atoms with E-state index < -0.39 is 12.1 Å². The number of aliphatic carboxylic acids is 1. The minimum absolute atomic E-state index is 0.183. The van der Waals surface area contributed by atoms with Gasteiger partial charge >= 0.3 is 5.97 Å². The molecule has 84 valence electrons. The highest BCUT2D eigenvalue weighted by atomic mass is 32.2. The number of unbranched alkanes of at least 4 members (excludes halogenated alkanes) is 1. The Bertz CT molecular complexity index is 155. The summed E-state index contributed by atoms with van der Waals surface area (Å²) < 4.78 is 0. The lowest BCUT2D eigenvalue weighted by molar-refractivity contribution is -0.139. The predicted molar refractivity (Wildman–Crippen MR) is 58.7 cm³/mol. The lowest BCUT2D eigenvalue weighted by atomic mass is 10.2. The third-order valence-electron chi connectivity index (χ3n) is 1.74. The first-order valence-corrected chi connectivity index (χ1v) is 6.15. The Morgan fingerprint density at radius 2 is 2.21 bits per heavy atom. The van der Waals surface area contributed by atoms with Crippen molar-refractivity contribution in [2.75, 3.05) is 25.1 Å². The Kier molecular flexibility index (Phi) is 9.13. The van der Waals surface area contributed by atoms with Gasteiger partial charge in [-0.2, -0.15) is 11.8 Å². The van der Waals surface area contributed by atoms with Crippen LogP contribution in [-0.2, 0) is 4.79 Å². The van der Waals surface area contributed by atoms with E-state index in [4.69, 9.17) is 5.11 Å².